The monoisotopic (exact) mass is 555 g/mol. The molecule has 0 spiro atoms. The topological polar surface area (TPSA) is 96.3 Å². The number of carboxylic acid groups (broad SMARTS) is 1. The molecule has 8 nitrogen and oxygen atoms in total. The van der Waals surface area contributed by atoms with Gasteiger partial charge in [0.2, 0.25) is 0 Å². The lowest BCUT2D eigenvalue weighted by molar-refractivity contribution is -0.145. The third-order valence-electron chi connectivity index (χ3n) is 6.67. The highest BCUT2D eigenvalue weighted by Gasteiger charge is 2.28. The standard InChI is InChI=1S/C30H37NO7S/c1-5-8-21-24(13-10-19-11-14-26(29(32)33)38-27(19)21)36-16-7-17-37-25-15-12-20(23-18-39-30(31-23)35-4)28(34-3)22(25)9-6-2/h10,12-13,15,18,26H,5-9,11,14,16-17H2,1-4H3,(H,32,33). The third-order valence-corrected chi connectivity index (χ3v) is 7.47. The number of hydrogen-bond donors (Lipinski definition) is 1. The van der Waals surface area contributed by atoms with E-state index in [2.05, 4.69) is 18.8 Å². The van der Waals surface area contributed by atoms with Crippen LogP contribution in [0.25, 0.3) is 11.3 Å². The second-order valence-electron chi connectivity index (χ2n) is 9.39. The predicted molar refractivity (Wildman–Crippen MR) is 151 cm³/mol. The van der Waals surface area contributed by atoms with Gasteiger partial charge >= 0.3 is 5.97 Å². The molecule has 2 heterocycles. The van der Waals surface area contributed by atoms with Gasteiger partial charge in [-0.25, -0.2) is 9.78 Å². The number of aryl methyl sites for hydroxylation is 1. The summed E-state index contributed by atoms with van der Waals surface area (Å²) in [7, 11) is 3.29. The first-order valence-electron chi connectivity index (χ1n) is 13.5. The minimum absolute atomic E-state index is 0.467. The fourth-order valence-corrected chi connectivity index (χ4v) is 5.49. The summed E-state index contributed by atoms with van der Waals surface area (Å²) >= 11 is 1.45. The number of carbonyl (C=O) groups is 1. The predicted octanol–water partition coefficient (Wildman–Crippen LogP) is 6.36. The molecule has 0 bridgehead atoms. The number of benzene rings is 2. The lowest BCUT2D eigenvalue weighted by atomic mass is 9.96. The summed E-state index contributed by atoms with van der Waals surface area (Å²) in [6, 6.07) is 7.92. The number of thiazole rings is 1. The summed E-state index contributed by atoms with van der Waals surface area (Å²) < 4.78 is 29.3. The van der Waals surface area contributed by atoms with E-state index in [1.165, 1.54) is 11.3 Å². The van der Waals surface area contributed by atoms with E-state index in [-0.39, 0.29) is 0 Å². The number of rotatable bonds is 14. The molecule has 9 heteroatoms. The van der Waals surface area contributed by atoms with Crippen LogP contribution in [-0.2, 0) is 24.1 Å². The van der Waals surface area contributed by atoms with Crippen LogP contribution in [0.1, 0.15) is 56.2 Å². The minimum atomic E-state index is -0.926. The van der Waals surface area contributed by atoms with E-state index < -0.39 is 12.1 Å². The Hall–Kier alpha value is -3.46. The zero-order valence-electron chi connectivity index (χ0n) is 23.1. The molecular weight excluding hydrogens is 518 g/mol. The van der Waals surface area contributed by atoms with E-state index >= 15 is 0 Å². The fourth-order valence-electron chi connectivity index (χ4n) is 4.85. The molecule has 1 aliphatic heterocycles. The Morgan fingerprint density at radius 2 is 1.72 bits per heavy atom. The molecule has 0 radical (unpaired) electrons. The molecule has 1 aliphatic rings. The van der Waals surface area contributed by atoms with Crippen molar-refractivity contribution in [3.63, 3.8) is 0 Å². The van der Waals surface area contributed by atoms with E-state index in [9.17, 15) is 9.90 Å². The zero-order chi connectivity index (χ0) is 27.8. The van der Waals surface area contributed by atoms with Crippen molar-refractivity contribution in [2.75, 3.05) is 27.4 Å². The molecule has 1 N–H and O–H groups in total. The van der Waals surface area contributed by atoms with Gasteiger partial charge in [-0.15, -0.1) is 0 Å². The minimum Gasteiger partial charge on any atom is -0.496 e. The summed E-state index contributed by atoms with van der Waals surface area (Å²) in [6.45, 7) is 5.17. The number of carboxylic acids is 1. The molecule has 39 heavy (non-hydrogen) atoms. The lowest BCUT2D eigenvalue weighted by Gasteiger charge is -2.26. The summed E-state index contributed by atoms with van der Waals surface area (Å²) in [4.78, 5) is 16.0. The Morgan fingerprint density at radius 3 is 2.36 bits per heavy atom. The largest absolute Gasteiger partial charge is 0.496 e. The van der Waals surface area contributed by atoms with Crippen molar-refractivity contribution in [1.82, 2.24) is 4.98 Å². The number of ether oxygens (including phenoxy) is 5. The Bertz CT molecular complexity index is 1270. The molecular formula is C30H37NO7S. The summed E-state index contributed by atoms with van der Waals surface area (Å²) in [5, 5.41) is 12.0. The quantitative estimate of drug-likeness (QED) is 0.230. The molecule has 0 amide bonds. The molecule has 0 saturated heterocycles. The maximum absolute atomic E-state index is 11.5. The van der Waals surface area contributed by atoms with Gasteiger partial charge in [0.1, 0.15) is 23.0 Å². The first kappa shape index (κ1) is 28.5. The van der Waals surface area contributed by atoms with Crippen LogP contribution in [0.4, 0.5) is 0 Å². The van der Waals surface area contributed by atoms with Gasteiger partial charge in [-0.1, -0.05) is 44.1 Å². The van der Waals surface area contributed by atoms with E-state index in [1.807, 2.05) is 29.6 Å². The zero-order valence-corrected chi connectivity index (χ0v) is 23.9. The molecule has 0 fully saturated rings. The maximum Gasteiger partial charge on any atom is 0.344 e. The first-order chi connectivity index (χ1) is 19.0. The van der Waals surface area contributed by atoms with Crippen LogP contribution in [0.2, 0.25) is 0 Å². The van der Waals surface area contributed by atoms with Gasteiger partial charge in [0.05, 0.1) is 33.1 Å². The molecule has 210 valence electrons. The van der Waals surface area contributed by atoms with Gasteiger partial charge in [0.15, 0.2) is 6.10 Å². The van der Waals surface area contributed by atoms with Crippen molar-refractivity contribution in [2.45, 2.75) is 64.9 Å². The number of aromatic nitrogens is 1. The van der Waals surface area contributed by atoms with Gasteiger partial charge in [-0.2, -0.15) is 0 Å². The van der Waals surface area contributed by atoms with Gasteiger partial charge in [-0.05, 0) is 49.4 Å². The highest BCUT2D eigenvalue weighted by atomic mass is 32.1. The maximum atomic E-state index is 11.5. The van der Waals surface area contributed by atoms with Crippen molar-refractivity contribution in [3.05, 3.63) is 46.3 Å². The highest BCUT2D eigenvalue weighted by molar-refractivity contribution is 7.11. The fraction of sp³-hybridized carbons (Fsp3) is 0.467. The number of fused-ring (bicyclic) bond motifs is 1. The number of nitrogens with zero attached hydrogens (tertiary/aromatic N) is 1. The summed E-state index contributed by atoms with van der Waals surface area (Å²) in [6.07, 6.45) is 4.47. The molecule has 0 saturated carbocycles. The van der Waals surface area contributed by atoms with E-state index in [4.69, 9.17) is 23.7 Å². The van der Waals surface area contributed by atoms with Gasteiger partial charge in [0, 0.05) is 28.5 Å². The van der Waals surface area contributed by atoms with Gasteiger partial charge in [0.25, 0.3) is 5.19 Å². The lowest BCUT2D eigenvalue weighted by Crippen LogP contribution is -2.31. The van der Waals surface area contributed by atoms with Crippen LogP contribution in [0.5, 0.6) is 28.2 Å². The van der Waals surface area contributed by atoms with Crippen LogP contribution >= 0.6 is 11.3 Å². The van der Waals surface area contributed by atoms with Crippen LogP contribution < -0.4 is 23.7 Å². The number of aliphatic carboxylic acids is 1. The number of methoxy groups -OCH3 is 2. The second kappa shape index (κ2) is 13.6. The average molecular weight is 556 g/mol. The van der Waals surface area contributed by atoms with Crippen molar-refractivity contribution in [3.8, 4) is 39.4 Å². The van der Waals surface area contributed by atoms with Crippen LogP contribution in [0.15, 0.2) is 29.6 Å². The summed E-state index contributed by atoms with van der Waals surface area (Å²) in [5.74, 6) is 2.08. The Labute approximate surface area is 233 Å². The van der Waals surface area contributed by atoms with E-state index in [0.717, 1.165) is 70.9 Å². The molecule has 3 aromatic rings. The average Bonchev–Trinajstić information content (AvgIpc) is 3.43. The second-order valence-corrected chi connectivity index (χ2v) is 10.2. The van der Waals surface area contributed by atoms with Gasteiger partial charge in [-0.3, -0.25) is 0 Å². The van der Waals surface area contributed by atoms with Crippen LogP contribution in [0.3, 0.4) is 0 Å². The van der Waals surface area contributed by atoms with Crippen molar-refractivity contribution in [2.24, 2.45) is 0 Å². The van der Waals surface area contributed by atoms with Crippen molar-refractivity contribution >= 4 is 17.3 Å². The molecule has 0 aliphatic carbocycles. The smallest absolute Gasteiger partial charge is 0.344 e. The number of hydrogen-bond acceptors (Lipinski definition) is 8. The Kier molecular flexibility index (Phi) is 9.92. The Morgan fingerprint density at radius 1 is 1.03 bits per heavy atom. The molecule has 1 aromatic heterocycles. The highest BCUT2D eigenvalue weighted by Crippen LogP contribution is 2.41. The summed E-state index contributed by atoms with van der Waals surface area (Å²) in [5.41, 5.74) is 4.75. The van der Waals surface area contributed by atoms with Crippen LogP contribution in [-0.4, -0.2) is 49.6 Å². The third kappa shape index (κ3) is 6.58. The van der Waals surface area contributed by atoms with Gasteiger partial charge < -0.3 is 28.8 Å². The van der Waals surface area contributed by atoms with Crippen molar-refractivity contribution in [1.29, 1.82) is 0 Å². The molecule has 4 rings (SSSR count). The van der Waals surface area contributed by atoms with E-state index in [1.54, 1.807) is 14.2 Å². The SMILES string of the molecule is CCCc1c(OCCCOc2ccc(-c3csc(OC)n3)c(OC)c2CCC)ccc2c1OC(C(=O)O)CC2. The molecule has 1 unspecified atom stereocenters. The van der Waals surface area contributed by atoms with E-state index in [0.29, 0.717) is 43.4 Å². The molecule has 2 aromatic carbocycles. The first-order valence-corrected chi connectivity index (χ1v) is 14.4. The molecule has 1 atom stereocenters. The van der Waals surface area contributed by atoms with Crippen molar-refractivity contribution < 1.29 is 33.6 Å². The van der Waals surface area contributed by atoms with Crippen LogP contribution in [0, 0.1) is 0 Å². The normalized spacial score (nSPS) is 14.3. The Balaban J connectivity index is 1.42.